The van der Waals surface area contributed by atoms with Gasteiger partial charge in [0, 0.05) is 26.3 Å². The number of aromatic nitrogens is 1. The van der Waals surface area contributed by atoms with Crippen LogP contribution in [-0.4, -0.2) is 47.5 Å². The number of amides is 1. The molecular formula is C13H18ClN3O4. The maximum Gasteiger partial charge on any atom is 0.288 e. The van der Waals surface area contributed by atoms with Crippen LogP contribution in [0.2, 0.25) is 5.15 Å². The Morgan fingerprint density at radius 3 is 2.76 bits per heavy atom. The number of halogens is 1. The lowest BCUT2D eigenvalue weighted by molar-refractivity contribution is -0.385. The van der Waals surface area contributed by atoms with Gasteiger partial charge in [-0.1, -0.05) is 25.4 Å². The number of nitro groups is 1. The zero-order valence-electron chi connectivity index (χ0n) is 12.2. The van der Waals surface area contributed by atoms with E-state index in [4.69, 9.17) is 16.3 Å². The molecule has 0 saturated heterocycles. The summed E-state index contributed by atoms with van der Waals surface area (Å²) in [4.78, 5) is 27.9. The highest BCUT2D eigenvalue weighted by molar-refractivity contribution is 6.32. The van der Waals surface area contributed by atoms with Crippen LogP contribution in [0.15, 0.2) is 12.3 Å². The molecule has 7 nitrogen and oxygen atoms in total. The second kappa shape index (κ2) is 7.90. The smallest absolute Gasteiger partial charge is 0.288 e. The maximum absolute atomic E-state index is 12.5. The number of methoxy groups -OCH3 is 1. The van der Waals surface area contributed by atoms with Crippen LogP contribution < -0.4 is 0 Å². The first-order chi connectivity index (χ1) is 9.86. The quantitative estimate of drug-likeness (QED) is 0.438. The van der Waals surface area contributed by atoms with Gasteiger partial charge in [-0.3, -0.25) is 14.9 Å². The first kappa shape index (κ1) is 17.3. The molecule has 116 valence electrons. The van der Waals surface area contributed by atoms with E-state index < -0.39 is 4.92 Å². The minimum atomic E-state index is -0.609. The Balaban J connectivity index is 3.06. The summed E-state index contributed by atoms with van der Waals surface area (Å²) in [6.07, 6.45) is 1.03. The van der Waals surface area contributed by atoms with Crippen LogP contribution in [0.1, 0.15) is 24.2 Å². The van der Waals surface area contributed by atoms with Crippen molar-refractivity contribution in [2.75, 3.05) is 26.8 Å². The van der Waals surface area contributed by atoms with Gasteiger partial charge in [0.25, 0.3) is 11.6 Å². The standard InChI is InChI=1S/C13H18ClN3O4/c1-9(2)8-16(4-5-21-3)13(18)11-6-10(17(19)20)7-15-12(11)14/h6-7,9H,4-5,8H2,1-3H3. The van der Waals surface area contributed by atoms with Gasteiger partial charge in [-0.2, -0.15) is 0 Å². The van der Waals surface area contributed by atoms with Crippen molar-refractivity contribution < 1.29 is 14.5 Å². The summed E-state index contributed by atoms with van der Waals surface area (Å²) in [7, 11) is 1.54. The van der Waals surface area contributed by atoms with Crippen LogP contribution in [0.3, 0.4) is 0 Å². The Morgan fingerprint density at radius 1 is 1.57 bits per heavy atom. The highest BCUT2D eigenvalue weighted by atomic mass is 35.5. The molecular weight excluding hydrogens is 298 g/mol. The van der Waals surface area contributed by atoms with Crippen molar-refractivity contribution >= 4 is 23.2 Å². The van der Waals surface area contributed by atoms with Crippen molar-refractivity contribution in [3.05, 3.63) is 33.1 Å². The first-order valence-electron chi connectivity index (χ1n) is 6.45. The number of pyridine rings is 1. The average molecular weight is 316 g/mol. The topological polar surface area (TPSA) is 85.6 Å². The van der Waals surface area contributed by atoms with E-state index in [2.05, 4.69) is 4.98 Å². The largest absolute Gasteiger partial charge is 0.383 e. The normalized spacial score (nSPS) is 10.7. The predicted molar refractivity (Wildman–Crippen MR) is 78.5 cm³/mol. The van der Waals surface area contributed by atoms with Gasteiger partial charge in [0.2, 0.25) is 0 Å². The second-order valence-corrected chi connectivity index (χ2v) is 5.28. The van der Waals surface area contributed by atoms with E-state index in [0.29, 0.717) is 19.7 Å². The molecule has 0 bridgehead atoms. The molecule has 0 aliphatic heterocycles. The molecule has 0 saturated carbocycles. The van der Waals surface area contributed by atoms with E-state index in [-0.39, 0.29) is 28.2 Å². The molecule has 0 aromatic carbocycles. The zero-order chi connectivity index (χ0) is 16.0. The fraction of sp³-hybridized carbons (Fsp3) is 0.538. The number of ether oxygens (including phenoxy) is 1. The molecule has 0 spiro atoms. The van der Waals surface area contributed by atoms with Crippen molar-refractivity contribution in [2.45, 2.75) is 13.8 Å². The van der Waals surface area contributed by atoms with Crippen LogP contribution in [0, 0.1) is 16.0 Å². The molecule has 0 fully saturated rings. The van der Waals surface area contributed by atoms with Gasteiger partial charge >= 0.3 is 0 Å². The first-order valence-corrected chi connectivity index (χ1v) is 6.82. The summed E-state index contributed by atoms with van der Waals surface area (Å²) in [5.41, 5.74) is -0.235. The van der Waals surface area contributed by atoms with Crippen molar-refractivity contribution in [1.29, 1.82) is 0 Å². The van der Waals surface area contributed by atoms with Crippen LogP contribution in [0.5, 0.6) is 0 Å². The second-order valence-electron chi connectivity index (χ2n) is 4.93. The van der Waals surface area contributed by atoms with Gasteiger partial charge in [-0.15, -0.1) is 0 Å². The van der Waals surface area contributed by atoms with Gasteiger partial charge in [-0.05, 0) is 5.92 Å². The molecule has 0 aliphatic carbocycles. The molecule has 0 radical (unpaired) electrons. The van der Waals surface area contributed by atoms with E-state index in [9.17, 15) is 14.9 Å². The molecule has 0 N–H and O–H groups in total. The van der Waals surface area contributed by atoms with Crippen molar-refractivity contribution in [2.24, 2.45) is 5.92 Å². The Morgan fingerprint density at radius 2 is 2.24 bits per heavy atom. The summed E-state index contributed by atoms with van der Waals surface area (Å²) in [5, 5.41) is 10.7. The van der Waals surface area contributed by atoms with Crippen molar-refractivity contribution in [3.8, 4) is 0 Å². The minimum Gasteiger partial charge on any atom is -0.383 e. The molecule has 1 aromatic heterocycles. The molecule has 1 amide bonds. The highest BCUT2D eigenvalue weighted by Crippen LogP contribution is 2.21. The van der Waals surface area contributed by atoms with Gasteiger partial charge in [-0.25, -0.2) is 4.98 Å². The molecule has 21 heavy (non-hydrogen) atoms. The number of carbonyl (C=O) groups is 1. The zero-order valence-corrected chi connectivity index (χ0v) is 13.0. The van der Waals surface area contributed by atoms with Gasteiger partial charge in [0.15, 0.2) is 0 Å². The average Bonchev–Trinajstić information content (AvgIpc) is 2.42. The monoisotopic (exact) mass is 315 g/mol. The highest BCUT2D eigenvalue weighted by Gasteiger charge is 2.22. The van der Waals surface area contributed by atoms with Crippen molar-refractivity contribution in [1.82, 2.24) is 9.88 Å². The molecule has 0 atom stereocenters. The summed E-state index contributed by atoms with van der Waals surface area (Å²) >= 11 is 5.90. The summed E-state index contributed by atoms with van der Waals surface area (Å²) in [6.45, 7) is 5.20. The lowest BCUT2D eigenvalue weighted by Crippen LogP contribution is -2.37. The van der Waals surface area contributed by atoms with Crippen molar-refractivity contribution in [3.63, 3.8) is 0 Å². The van der Waals surface area contributed by atoms with Gasteiger partial charge in [0.1, 0.15) is 11.3 Å². The van der Waals surface area contributed by atoms with Crippen LogP contribution in [-0.2, 0) is 4.74 Å². The maximum atomic E-state index is 12.5. The molecule has 0 unspecified atom stereocenters. The third-order valence-electron chi connectivity index (χ3n) is 2.70. The predicted octanol–water partition coefficient (Wildman–Crippen LogP) is 2.39. The molecule has 1 rings (SSSR count). The fourth-order valence-electron chi connectivity index (χ4n) is 1.78. The fourth-order valence-corrected chi connectivity index (χ4v) is 1.96. The lowest BCUT2D eigenvalue weighted by Gasteiger charge is -2.24. The van der Waals surface area contributed by atoms with Gasteiger partial charge in [0.05, 0.1) is 17.1 Å². The van der Waals surface area contributed by atoms with E-state index in [1.807, 2.05) is 13.8 Å². The Bertz CT molecular complexity index is 522. The number of carbonyl (C=O) groups excluding carboxylic acids is 1. The molecule has 1 heterocycles. The Kier molecular flexibility index (Phi) is 6.51. The molecule has 0 aliphatic rings. The van der Waals surface area contributed by atoms with Crippen LogP contribution in [0.4, 0.5) is 5.69 Å². The molecule has 8 heteroatoms. The summed E-state index contributed by atoms with van der Waals surface area (Å²) in [5.74, 6) is -0.141. The summed E-state index contributed by atoms with van der Waals surface area (Å²) < 4.78 is 4.98. The number of hydrogen-bond donors (Lipinski definition) is 0. The van der Waals surface area contributed by atoms with Gasteiger partial charge < -0.3 is 9.64 Å². The number of nitrogens with zero attached hydrogens (tertiary/aromatic N) is 3. The Hall–Kier alpha value is -1.73. The summed E-state index contributed by atoms with van der Waals surface area (Å²) in [6, 6.07) is 1.15. The van der Waals surface area contributed by atoms with Crippen LogP contribution >= 0.6 is 11.6 Å². The lowest BCUT2D eigenvalue weighted by atomic mass is 10.1. The number of rotatable bonds is 7. The Labute approximate surface area is 128 Å². The SMILES string of the molecule is COCCN(CC(C)C)C(=O)c1cc([N+](=O)[O-])cnc1Cl. The van der Waals surface area contributed by atoms with E-state index in [1.165, 1.54) is 0 Å². The minimum absolute atomic E-state index is 0.0302. The third kappa shape index (κ3) is 4.95. The molecule has 1 aromatic rings. The van der Waals surface area contributed by atoms with Crippen LogP contribution in [0.25, 0.3) is 0 Å². The third-order valence-corrected chi connectivity index (χ3v) is 3.01. The number of hydrogen-bond acceptors (Lipinski definition) is 5. The van der Waals surface area contributed by atoms with E-state index in [1.54, 1.807) is 12.0 Å². The van der Waals surface area contributed by atoms with E-state index >= 15 is 0 Å². The van der Waals surface area contributed by atoms with E-state index in [0.717, 1.165) is 12.3 Å².